The van der Waals surface area contributed by atoms with E-state index in [1.54, 1.807) is 0 Å². The van der Waals surface area contributed by atoms with E-state index in [9.17, 15) is 26.4 Å². The van der Waals surface area contributed by atoms with E-state index in [0.717, 1.165) is 24.4 Å². The van der Waals surface area contributed by atoms with Crippen molar-refractivity contribution >= 4 is 21.6 Å². The minimum Gasteiger partial charge on any atom is -0.373 e. The number of hydrogen-bond donors (Lipinski definition) is 2. The molecule has 0 spiro atoms. The van der Waals surface area contributed by atoms with Crippen LogP contribution in [0.2, 0.25) is 0 Å². The minimum atomic E-state index is -4.83. The molecule has 0 aliphatic heterocycles. The lowest BCUT2D eigenvalue weighted by molar-refractivity contribution is -0.190. The number of aromatic nitrogens is 1. The summed E-state index contributed by atoms with van der Waals surface area (Å²) >= 11 is 0. The maximum Gasteiger partial charge on any atom is 0.414 e. The van der Waals surface area contributed by atoms with Crippen LogP contribution in [0, 0.1) is 0 Å². The van der Waals surface area contributed by atoms with E-state index in [4.69, 9.17) is 0 Å². The van der Waals surface area contributed by atoms with Crippen LogP contribution in [-0.2, 0) is 14.8 Å². The molecular weight excluding hydrogens is 505 g/mol. The third kappa shape index (κ3) is 6.28. The van der Waals surface area contributed by atoms with Gasteiger partial charge in [0.2, 0.25) is 15.9 Å². The highest BCUT2D eigenvalue weighted by Crippen LogP contribution is 2.43. The number of rotatable bonds is 9. The molecule has 2 aromatic carbocycles. The Morgan fingerprint density at radius 1 is 0.973 bits per heavy atom. The first kappa shape index (κ1) is 26.6. The van der Waals surface area contributed by atoms with Crippen LogP contribution in [0.15, 0.2) is 79.0 Å². The average Bonchev–Trinajstić information content (AvgIpc) is 3.62. The van der Waals surface area contributed by atoms with Crippen molar-refractivity contribution in [2.75, 3.05) is 18.6 Å². The summed E-state index contributed by atoms with van der Waals surface area (Å²) in [6.07, 6.45) is -2.40. The topological polar surface area (TPSA) is 91.4 Å². The van der Waals surface area contributed by atoms with Crippen molar-refractivity contribution in [3.8, 4) is 0 Å². The lowest BCUT2D eigenvalue weighted by Gasteiger charge is -2.32. The monoisotopic (exact) mass is 532 g/mol. The highest BCUT2D eigenvalue weighted by atomic mass is 32.2. The molecule has 1 fully saturated rings. The maximum atomic E-state index is 14.1. The van der Waals surface area contributed by atoms with E-state index in [-0.39, 0.29) is 24.6 Å². The van der Waals surface area contributed by atoms with E-state index in [1.807, 2.05) is 60.7 Å². The van der Waals surface area contributed by atoms with Gasteiger partial charge in [-0.15, -0.1) is 0 Å². The van der Waals surface area contributed by atoms with Crippen LogP contribution < -0.4 is 10.0 Å². The average molecular weight is 533 g/mol. The zero-order chi connectivity index (χ0) is 26.8. The Morgan fingerprint density at radius 3 is 1.92 bits per heavy atom. The number of benzene rings is 2. The van der Waals surface area contributed by atoms with Gasteiger partial charge in [0.1, 0.15) is 5.54 Å². The van der Waals surface area contributed by atoms with E-state index in [1.165, 1.54) is 18.3 Å². The van der Waals surface area contributed by atoms with Crippen LogP contribution in [-0.4, -0.2) is 49.2 Å². The molecule has 11 heteroatoms. The van der Waals surface area contributed by atoms with Gasteiger partial charge in [0.05, 0.1) is 29.9 Å². The van der Waals surface area contributed by atoms with Crippen LogP contribution in [0.25, 0.3) is 0 Å². The van der Waals surface area contributed by atoms with E-state index >= 15 is 0 Å². The van der Waals surface area contributed by atoms with Gasteiger partial charge in [-0.05, 0) is 36.1 Å². The Labute approximate surface area is 213 Å². The third-order valence-electron chi connectivity index (χ3n) is 6.20. The van der Waals surface area contributed by atoms with E-state index in [2.05, 4.69) is 15.0 Å². The number of nitrogens with zero attached hydrogens (tertiary/aromatic N) is 2. The van der Waals surface area contributed by atoms with Crippen LogP contribution in [0.3, 0.4) is 0 Å². The molecule has 0 radical (unpaired) electrons. The molecule has 2 N–H and O–H groups in total. The number of nitrogens with one attached hydrogen (secondary N) is 2. The highest BCUT2D eigenvalue weighted by Gasteiger charge is 2.57. The molecule has 1 saturated carbocycles. The molecule has 1 atom stereocenters. The lowest BCUT2D eigenvalue weighted by atomic mass is 9.98. The fraction of sp³-hybridized carbons (Fsp3) is 0.308. The Kier molecular flexibility index (Phi) is 7.29. The Hall–Kier alpha value is -3.44. The lowest BCUT2D eigenvalue weighted by Crippen LogP contribution is -2.52. The number of carbonyl (C=O) groups excluding carboxylic acids is 1. The van der Waals surface area contributed by atoms with Gasteiger partial charge in [0, 0.05) is 7.05 Å². The molecule has 3 aromatic rings. The van der Waals surface area contributed by atoms with E-state index < -0.39 is 33.7 Å². The minimum absolute atomic E-state index is 0.129. The zero-order valence-electron chi connectivity index (χ0n) is 20.2. The number of hydrogen-bond acceptors (Lipinski definition) is 5. The largest absolute Gasteiger partial charge is 0.414 e. The first-order valence-electron chi connectivity index (χ1n) is 11.5. The summed E-state index contributed by atoms with van der Waals surface area (Å²) in [5.41, 5.74) is 0.494. The number of anilines is 1. The summed E-state index contributed by atoms with van der Waals surface area (Å²) in [7, 11) is -2.78. The van der Waals surface area contributed by atoms with Gasteiger partial charge in [0.15, 0.2) is 6.04 Å². The fourth-order valence-electron chi connectivity index (χ4n) is 4.35. The van der Waals surface area contributed by atoms with Gasteiger partial charge in [-0.1, -0.05) is 60.7 Å². The summed E-state index contributed by atoms with van der Waals surface area (Å²) in [6, 6.07) is 19.3. The van der Waals surface area contributed by atoms with Gasteiger partial charge in [-0.3, -0.25) is 9.78 Å². The van der Waals surface area contributed by atoms with E-state index in [0.29, 0.717) is 10.6 Å². The summed E-state index contributed by atoms with van der Waals surface area (Å²) in [6.45, 7) is 0. The van der Waals surface area contributed by atoms with Crippen molar-refractivity contribution in [2.24, 2.45) is 0 Å². The van der Waals surface area contributed by atoms with Gasteiger partial charge in [-0.2, -0.15) is 17.9 Å². The van der Waals surface area contributed by atoms with Gasteiger partial charge in [-0.25, -0.2) is 8.42 Å². The smallest absolute Gasteiger partial charge is 0.373 e. The number of halogens is 3. The summed E-state index contributed by atoms with van der Waals surface area (Å²) in [4.78, 5) is 17.5. The number of pyridine rings is 1. The third-order valence-corrected chi connectivity index (χ3v) is 6.96. The first-order valence-corrected chi connectivity index (χ1v) is 13.4. The van der Waals surface area contributed by atoms with Crippen LogP contribution in [0.1, 0.15) is 41.7 Å². The molecule has 0 bridgehead atoms. The number of amides is 1. The SMILES string of the molecule is CN(C(=O)C1(NS(C)(=O)=O)CC1)[C@@H](c1ccc(NC(c2ccccc2)c2ccccc2)cn1)C(F)(F)F. The molecule has 196 valence electrons. The summed E-state index contributed by atoms with van der Waals surface area (Å²) in [5, 5.41) is 3.33. The van der Waals surface area contributed by atoms with Crippen LogP contribution in [0.4, 0.5) is 18.9 Å². The normalized spacial score (nSPS) is 15.7. The van der Waals surface area contributed by atoms with Crippen molar-refractivity contribution in [3.05, 3.63) is 95.8 Å². The quantitative estimate of drug-likeness (QED) is 0.426. The molecule has 0 saturated heterocycles. The number of alkyl halides is 3. The zero-order valence-corrected chi connectivity index (χ0v) is 21.1. The number of likely N-dealkylation sites (N-methyl/N-ethyl adjacent to an activating group) is 1. The predicted molar refractivity (Wildman–Crippen MR) is 134 cm³/mol. The predicted octanol–water partition coefficient (Wildman–Crippen LogP) is 4.43. The van der Waals surface area contributed by atoms with Crippen molar-refractivity contribution < 1.29 is 26.4 Å². The van der Waals surface area contributed by atoms with Crippen LogP contribution in [0.5, 0.6) is 0 Å². The second kappa shape index (κ2) is 10.1. The molecular formula is C26H27F3N4O3S. The first-order chi connectivity index (χ1) is 17.4. The second-order valence-corrected chi connectivity index (χ2v) is 10.9. The molecule has 1 aromatic heterocycles. The molecule has 37 heavy (non-hydrogen) atoms. The van der Waals surface area contributed by atoms with Gasteiger partial charge >= 0.3 is 6.18 Å². The molecule has 7 nitrogen and oxygen atoms in total. The Balaban J connectivity index is 1.59. The molecule has 1 aliphatic carbocycles. The standard InChI is InChI=1S/C26H27F3N4O3S/c1-33(24(34)25(15-16-25)32-37(2,35)36)23(26(27,28)29)21-14-13-20(17-30-21)31-22(18-9-5-3-6-10-18)19-11-7-4-8-12-19/h3-14,17,22-23,31-32H,15-16H2,1-2H3/t23-/m0/s1. The maximum absolute atomic E-state index is 14.1. The Morgan fingerprint density at radius 2 is 1.51 bits per heavy atom. The Bertz CT molecular complexity index is 1290. The van der Waals surface area contributed by atoms with Crippen molar-refractivity contribution in [1.29, 1.82) is 0 Å². The number of carbonyl (C=O) groups is 1. The fourth-order valence-corrected chi connectivity index (χ4v) is 5.35. The van der Waals surface area contributed by atoms with Crippen LogP contribution >= 0.6 is 0 Å². The molecule has 1 amide bonds. The van der Waals surface area contributed by atoms with Gasteiger partial charge in [0.25, 0.3) is 0 Å². The molecule has 1 heterocycles. The number of sulfonamides is 1. The molecule has 0 unspecified atom stereocenters. The van der Waals surface area contributed by atoms with Gasteiger partial charge < -0.3 is 10.2 Å². The van der Waals surface area contributed by atoms with Crippen molar-refractivity contribution in [3.63, 3.8) is 0 Å². The molecule has 1 aliphatic rings. The second-order valence-electron chi connectivity index (χ2n) is 9.19. The van der Waals surface area contributed by atoms with Crippen molar-refractivity contribution in [2.45, 2.75) is 36.6 Å². The summed E-state index contributed by atoms with van der Waals surface area (Å²) in [5.74, 6) is -0.947. The summed E-state index contributed by atoms with van der Waals surface area (Å²) < 4.78 is 67.9. The van der Waals surface area contributed by atoms with Crippen molar-refractivity contribution in [1.82, 2.24) is 14.6 Å². The highest BCUT2D eigenvalue weighted by molar-refractivity contribution is 7.88. The molecule has 4 rings (SSSR count).